The largest absolute Gasteiger partial charge is 0.423 e. The van der Waals surface area contributed by atoms with E-state index in [0.717, 1.165) is 42.1 Å². The zero-order valence-corrected chi connectivity index (χ0v) is 22.1. The minimum Gasteiger partial charge on any atom is -0.423 e. The van der Waals surface area contributed by atoms with Gasteiger partial charge in [-0.2, -0.15) is 0 Å². The van der Waals surface area contributed by atoms with Crippen molar-refractivity contribution >= 4 is 11.8 Å². The predicted molar refractivity (Wildman–Crippen MR) is 139 cm³/mol. The maximum Gasteiger partial charge on any atom is 0.240 e. The van der Waals surface area contributed by atoms with Crippen molar-refractivity contribution in [2.75, 3.05) is 25.5 Å². The van der Waals surface area contributed by atoms with Gasteiger partial charge in [0.25, 0.3) is 0 Å². The smallest absolute Gasteiger partial charge is 0.240 e. The topological polar surface area (TPSA) is 83.5 Å². The molecule has 0 spiro atoms. The second kappa shape index (κ2) is 12.2. The molecule has 1 amide bonds. The van der Waals surface area contributed by atoms with Crippen LogP contribution >= 0.6 is 0 Å². The van der Waals surface area contributed by atoms with Crippen LogP contribution in [0.1, 0.15) is 61.9 Å². The molecule has 2 aromatic heterocycles. The number of nitrogens with zero attached hydrogens (tertiary/aromatic N) is 7. The Hall–Kier alpha value is -3.20. The summed E-state index contributed by atoms with van der Waals surface area (Å²) in [7, 11) is 3.98. The van der Waals surface area contributed by atoms with Crippen LogP contribution in [-0.2, 0) is 31.0 Å². The Morgan fingerprint density at radius 3 is 2.64 bits per heavy atom. The lowest BCUT2D eigenvalue weighted by molar-refractivity contribution is -0.138. The number of aryl methyl sites for hydroxylation is 1. The van der Waals surface area contributed by atoms with Crippen molar-refractivity contribution in [3.05, 3.63) is 59.4 Å². The number of carbonyl (C=O) groups excluding carboxylic acids is 1. The van der Waals surface area contributed by atoms with Gasteiger partial charge in [-0.05, 0) is 26.0 Å². The van der Waals surface area contributed by atoms with Gasteiger partial charge in [0.15, 0.2) is 0 Å². The molecule has 1 atom stereocenters. The molecule has 1 unspecified atom stereocenters. The average Bonchev–Trinajstić information content (AvgIpc) is 3.47. The molecular formula is C27H39N7O2. The molecular weight excluding hydrogens is 454 g/mol. The number of likely N-dealkylation sites (N-methyl/N-ethyl adjacent to an activating group) is 1. The molecule has 1 aliphatic rings. The number of amides is 1. The molecule has 0 aliphatic carbocycles. The highest BCUT2D eigenvalue weighted by Crippen LogP contribution is 2.24. The van der Waals surface area contributed by atoms with E-state index >= 15 is 0 Å². The number of aromatic nitrogens is 4. The quantitative estimate of drug-likeness (QED) is 0.460. The number of carbonyl (C=O) groups is 1. The molecule has 1 aromatic carbocycles. The molecule has 194 valence electrons. The van der Waals surface area contributed by atoms with Crippen molar-refractivity contribution in [3.8, 4) is 0 Å². The number of rotatable bonds is 7. The second-order valence-corrected chi connectivity index (χ2v) is 9.85. The van der Waals surface area contributed by atoms with E-state index in [2.05, 4.69) is 39.3 Å². The normalized spacial score (nSPS) is 17.8. The third-order valence-corrected chi connectivity index (χ3v) is 6.81. The summed E-state index contributed by atoms with van der Waals surface area (Å²) in [6.45, 7) is 6.92. The third-order valence-electron chi connectivity index (χ3n) is 6.81. The third kappa shape index (κ3) is 6.51. The first-order chi connectivity index (χ1) is 17.4. The summed E-state index contributed by atoms with van der Waals surface area (Å²) in [5.74, 6) is 1.48. The molecule has 3 heterocycles. The predicted octanol–water partition coefficient (Wildman–Crippen LogP) is 4.02. The van der Waals surface area contributed by atoms with E-state index in [-0.39, 0.29) is 11.9 Å². The fourth-order valence-corrected chi connectivity index (χ4v) is 4.83. The first kappa shape index (κ1) is 25.9. The highest BCUT2D eigenvalue weighted by atomic mass is 16.4. The Morgan fingerprint density at radius 2 is 1.86 bits per heavy atom. The lowest BCUT2D eigenvalue weighted by atomic mass is 10.0. The van der Waals surface area contributed by atoms with Crippen molar-refractivity contribution in [2.24, 2.45) is 0 Å². The number of oxazole rings is 1. The van der Waals surface area contributed by atoms with Gasteiger partial charge >= 0.3 is 0 Å². The molecule has 9 heteroatoms. The van der Waals surface area contributed by atoms with E-state index in [1.165, 1.54) is 12.8 Å². The van der Waals surface area contributed by atoms with Crippen LogP contribution < -0.4 is 4.90 Å². The van der Waals surface area contributed by atoms with E-state index in [1.807, 2.05) is 59.9 Å². The van der Waals surface area contributed by atoms with Gasteiger partial charge in [0.2, 0.25) is 17.7 Å². The van der Waals surface area contributed by atoms with Crippen molar-refractivity contribution < 1.29 is 9.21 Å². The van der Waals surface area contributed by atoms with E-state index in [4.69, 9.17) is 4.42 Å². The van der Waals surface area contributed by atoms with E-state index in [1.54, 1.807) is 0 Å². The summed E-state index contributed by atoms with van der Waals surface area (Å²) in [6.07, 6.45) is 7.24. The first-order valence-electron chi connectivity index (χ1n) is 13.0. The van der Waals surface area contributed by atoms with E-state index in [9.17, 15) is 4.79 Å². The van der Waals surface area contributed by atoms with Gasteiger partial charge in [-0.25, -0.2) is 4.98 Å². The number of hydrogen-bond acceptors (Lipinski definition) is 7. The number of unbranched alkanes of at least 4 members (excludes halogenated alkanes) is 3. The van der Waals surface area contributed by atoms with Crippen LogP contribution in [0.2, 0.25) is 0 Å². The molecule has 1 aliphatic heterocycles. The molecule has 0 N–H and O–H groups in total. The van der Waals surface area contributed by atoms with E-state index in [0.29, 0.717) is 38.6 Å². The van der Waals surface area contributed by atoms with Crippen molar-refractivity contribution in [3.63, 3.8) is 0 Å². The first-order valence-corrected chi connectivity index (χ1v) is 13.0. The van der Waals surface area contributed by atoms with Crippen LogP contribution in [0.15, 0.2) is 40.9 Å². The van der Waals surface area contributed by atoms with Gasteiger partial charge in [-0.3, -0.25) is 14.4 Å². The number of hydrogen-bond donors (Lipinski definition) is 0. The highest BCUT2D eigenvalue weighted by molar-refractivity contribution is 5.81. The fraction of sp³-hybridized carbons (Fsp3) is 0.556. The van der Waals surface area contributed by atoms with Crippen molar-refractivity contribution in [2.45, 2.75) is 78.2 Å². The molecule has 4 bridgehead atoms. The molecule has 0 saturated carbocycles. The number of fused-ring (bicyclic) bond motifs is 4. The lowest BCUT2D eigenvalue weighted by Crippen LogP contribution is -2.47. The number of anilines is 1. The van der Waals surface area contributed by atoms with Gasteiger partial charge in [0, 0.05) is 20.1 Å². The van der Waals surface area contributed by atoms with E-state index < -0.39 is 0 Å². The Labute approximate surface area is 214 Å². The Bertz CT molecular complexity index is 1110. The number of benzene rings is 1. The van der Waals surface area contributed by atoms with Crippen molar-refractivity contribution in [1.29, 1.82) is 0 Å². The fourth-order valence-electron chi connectivity index (χ4n) is 4.83. The van der Waals surface area contributed by atoms with Gasteiger partial charge in [-0.1, -0.05) is 68.2 Å². The Kier molecular flexibility index (Phi) is 8.74. The summed E-state index contributed by atoms with van der Waals surface area (Å²) in [5, 5.41) is 8.66. The molecule has 4 rings (SSSR count). The average molecular weight is 494 g/mol. The van der Waals surface area contributed by atoms with Crippen LogP contribution in [0.25, 0.3) is 0 Å². The second-order valence-electron chi connectivity index (χ2n) is 9.85. The van der Waals surface area contributed by atoms with Crippen LogP contribution in [-0.4, -0.2) is 62.4 Å². The molecule has 0 fully saturated rings. The maximum atomic E-state index is 14.1. The summed E-state index contributed by atoms with van der Waals surface area (Å²) >= 11 is 0. The standard InChI is InChI=1S/C27H39N7O2/c1-5-6-7-11-14-24-26(35)33(17-22-12-9-8-10-13-22)15-16-34-19-23(29-30-34)18-32(4)27-21(2)28-25(36-27)20-31(24)3/h8-10,12-13,19,24H,5-7,11,14-18,20H2,1-4H3. The van der Waals surface area contributed by atoms with Crippen LogP contribution in [0, 0.1) is 6.92 Å². The van der Waals surface area contributed by atoms with Crippen LogP contribution in [0.5, 0.6) is 0 Å². The SMILES string of the molecule is CCCCCCC1C(=O)N(Cc2ccccc2)CCn2cc(nn2)CN(C)c2oc(nc2C)CN1C. The Morgan fingerprint density at radius 1 is 1.06 bits per heavy atom. The zero-order chi connectivity index (χ0) is 25.5. The monoisotopic (exact) mass is 493 g/mol. The van der Waals surface area contributed by atoms with Crippen molar-refractivity contribution in [1.82, 2.24) is 29.8 Å². The van der Waals surface area contributed by atoms with Gasteiger partial charge in [0.1, 0.15) is 11.4 Å². The summed E-state index contributed by atoms with van der Waals surface area (Å²) in [6, 6.07) is 9.93. The van der Waals surface area contributed by atoms with Gasteiger partial charge in [0.05, 0.1) is 31.9 Å². The molecule has 9 nitrogen and oxygen atoms in total. The van der Waals surface area contributed by atoms with Crippen LogP contribution in [0.4, 0.5) is 5.88 Å². The maximum absolute atomic E-state index is 14.1. The van der Waals surface area contributed by atoms with Crippen LogP contribution in [0.3, 0.4) is 0 Å². The highest BCUT2D eigenvalue weighted by Gasteiger charge is 2.29. The zero-order valence-electron chi connectivity index (χ0n) is 22.1. The molecule has 0 radical (unpaired) electrons. The summed E-state index contributed by atoms with van der Waals surface area (Å²) in [4.78, 5) is 24.8. The molecule has 3 aromatic rings. The Balaban J connectivity index is 1.65. The summed E-state index contributed by atoms with van der Waals surface area (Å²) < 4.78 is 7.99. The van der Waals surface area contributed by atoms with Gasteiger partial charge < -0.3 is 14.2 Å². The molecule has 0 saturated heterocycles. The lowest BCUT2D eigenvalue weighted by Gasteiger charge is -2.32. The molecule has 36 heavy (non-hydrogen) atoms. The summed E-state index contributed by atoms with van der Waals surface area (Å²) in [5.41, 5.74) is 2.79. The van der Waals surface area contributed by atoms with Gasteiger partial charge in [-0.15, -0.1) is 5.10 Å². The minimum atomic E-state index is -0.254. The minimum absolute atomic E-state index is 0.133.